The van der Waals surface area contributed by atoms with E-state index < -0.39 is 0 Å². The predicted molar refractivity (Wildman–Crippen MR) is 47.0 cm³/mol. The summed E-state index contributed by atoms with van der Waals surface area (Å²) in [5, 5.41) is 0. The summed E-state index contributed by atoms with van der Waals surface area (Å²) in [6.07, 6.45) is 4.54. The van der Waals surface area contributed by atoms with Crippen LogP contribution in [0, 0.1) is 7.43 Å². The summed E-state index contributed by atoms with van der Waals surface area (Å²) >= 11 is 0. The molecule has 0 fully saturated rings. The first-order valence-electron chi connectivity index (χ1n) is 4.14. The molecule has 0 N–H and O–H groups in total. The second kappa shape index (κ2) is 16.6. The Morgan fingerprint density at radius 3 is 2.30 bits per heavy atom. The van der Waals surface area contributed by atoms with Crippen molar-refractivity contribution in [3.8, 4) is 0 Å². The molecule has 0 aliphatic carbocycles. The van der Waals surface area contributed by atoms with Crippen molar-refractivity contribution < 1.29 is 34.1 Å². The average Bonchev–Trinajstić information content (AvgIpc) is 1.85. The van der Waals surface area contributed by atoms with Crippen molar-refractivity contribution in [1.82, 2.24) is 0 Å². The predicted octanol–water partition coefficient (Wildman–Crippen LogP) is 3.19. The van der Waals surface area contributed by atoms with E-state index in [4.69, 9.17) is 1.37 Å². The average molecular weight is 217 g/mol. The van der Waals surface area contributed by atoms with Gasteiger partial charge in [0.05, 0.1) is 0 Å². The van der Waals surface area contributed by atoms with Gasteiger partial charge >= 0.3 is 0 Å². The molecule has 10 heavy (non-hydrogen) atoms. The Balaban J connectivity index is -0.000000320. The Morgan fingerprint density at radius 2 is 1.90 bits per heavy atom. The van der Waals surface area contributed by atoms with E-state index in [1.165, 1.54) is 6.42 Å². The van der Waals surface area contributed by atoms with Gasteiger partial charge in [0.2, 0.25) is 0 Å². The van der Waals surface area contributed by atoms with E-state index >= 15 is 0 Å². The van der Waals surface area contributed by atoms with E-state index in [2.05, 4.69) is 21.1 Å². The zero-order chi connectivity index (χ0) is 7.11. The Labute approximate surface area is 94.1 Å². The Hall–Kier alpha value is 1.17. The third kappa shape index (κ3) is 16.1. The van der Waals surface area contributed by atoms with Gasteiger partial charge in [0, 0.05) is 34.1 Å². The molecule has 0 spiro atoms. The molecule has 0 aromatic carbocycles. The van der Waals surface area contributed by atoms with Gasteiger partial charge < -0.3 is 7.43 Å². The standard InChI is InChI=1S/C7H16B.CH3.Y/c1-3-5-7-8-6-4-2;;/h3-7H2,1-2H3;1H3;/q;-1;/i7T;;. The number of rotatable bonds is 5. The van der Waals surface area contributed by atoms with Crippen molar-refractivity contribution in [2.45, 2.75) is 45.7 Å². The van der Waals surface area contributed by atoms with E-state index in [0.717, 1.165) is 19.2 Å². The van der Waals surface area contributed by atoms with Crippen LogP contribution in [0.15, 0.2) is 0 Å². The second-order valence-corrected chi connectivity index (χ2v) is 2.05. The zero-order valence-corrected chi connectivity index (χ0v) is 10.4. The van der Waals surface area contributed by atoms with Crippen LogP contribution in [0.1, 0.15) is 34.5 Å². The van der Waals surface area contributed by atoms with Crippen LogP contribution in [0.5, 0.6) is 0 Å². The van der Waals surface area contributed by atoms with E-state index in [1.807, 2.05) is 0 Å². The van der Waals surface area contributed by atoms with E-state index in [1.54, 1.807) is 0 Å². The van der Waals surface area contributed by atoms with Crippen LogP contribution < -0.4 is 0 Å². The van der Waals surface area contributed by atoms with Gasteiger partial charge in [-0.05, 0) is 0 Å². The third-order valence-corrected chi connectivity index (χ3v) is 1.08. The van der Waals surface area contributed by atoms with Gasteiger partial charge in [0.15, 0.2) is 0 Å². The minimum absolute atomic E-state index is 0. The van der Waals surface area contributed by atoms with E-state index in [9.17, 15) is 0 Å². The van der Waals surface area contributed by atoms with Crippen LogP contribution in [0.3, 0.4) is 0 Å². The van der Waals surface area contributed by atoms with Gasteiger partial charge in [-0.1, -0.05) is 45.7 Å². The number of hydrogen-bond donors (Lipinski definition) is 0. The van der Waals surface area contributed by atoms with Crippen molar-refractivity contribution in [2.24, 2.45) is 0 Å². The Kier molecular flexibility index (Phi) is 22.9. The first-order chi connectivity index (χ1) is 4.31. The summed E-state index contributed by atoms with van der Waals surface area (Å²) < 4.78 is 7.42. The molecule has 0 aromatic heterocycles. The minimum atomic E-state index is 0. The number of hydrogen-bond acceptors (Lipinski definition) is 0. The first-order valence-corrected chi connectivity index (χ1v) is 3.56. The molecule has 2 radical (unpaired) electrons. The van der Waals surface area contributed by atoms with E-state index in [-0.39, 0.29) is 46.4 Å². The molecule has 0 aromatic rings. The van der Waals surface area contributed by atoms with Gasteiger partial charge in [-0.15, -0.1) is 0 Å². The molecule has 0 aliphatic heterocycles. The maximum atomic E-state index is 7.42. The zero-order valence-electron chi connectivity index (χ0n) is 8.56. The molecule has 0 bridgehead atoms. The summed E-state index contributed by atoms with van der Waals surface area (Å²) in [4.78, 5) is 0. The first kappa shape index (κ1) is 13.7. The van der Waals surface area contributed by atoms with E-state index in [0.29, 0.717) is 0 Å². The van der Waals surface area contributed by atoms with Gasteiger partial charge in [-0.3, -0.25) is 0 Å². The Morgan fingerprint density at radius 1 is 1.30 bits per heavy atom. The van der Waals surface area contributed by atoms with Crippen molar-refractivity contribution >= 4 is 7.28 Å². The van der Waals surface area contributed by atoms with Gasteiger partial charge in [0.1, 0.15) is 7.28 Å². The van der Waals surface area contributed by atoms with Crippen LogP contribution in [0.2, 0.25) is 12.6 Å². The summed E-state index contributed by atoms with van der Waals surface area (Å²) in [6, 6.07) is 0. The van der Waals surface area contributed by atoms with Gasteiger partial charge in [-0.2, -0.15) is 0 Å². The van der Waals surface area contributed by atoms with Crippen molar-refractivity contribution in [3.63, 3.8) is 0 Å². The monoisotopic (exact) mass is 217 g/mol. The maximum absolute atomic E-state index is 7.42. The summed E-state index contributed by atoms with van der Waals surface area (Å²) in [7, 11) is 2.10. The van der Waals surface area contributed by atoms with Crippen LogP contribution in [0.25, 0.3) is 0 Å². The molecule has 1 atom stereocenters. The molecule has 0 rings (SSSR count). The molecular weight excluding hydrogens is 196 g/mol. The SMILES string of the molecule is [3H]C([B]CCC)CCC.[CH3-].[Y]. The minimum Gasteiger partial charge on any atom is -0.358 e. The van der Waals surface area contributed by atoms with Crippen LogP contribution in [-0.2, 0) is 32.7 Å². The van der Waals surface area contributed by atoms with Crippen LogP contribution in [0.4, 0.5) is 0 Å². The topological polar surface area (TPSA) is 0 Å². The molecule has 0 saturated carbocycles. The van der Waals surface area contributed by atoms with Crippen molar-refractivity contribution in [3.05, 3.63) is 7.43 Å². The molecular formula is C8H19BY-. The van der Waals surface area contributed by atoms with Crippen LogP contribution in [-0.4, -0.2) is 7.28 Å². The summed E-state index contributed by atoms with van der Waals surface area (Å²) in [5.74, 6) is 0. The molecule has 1 unspecified atom stereocenters. The normalized spacial score (nSPS) is 12.0. The summed E-state index contributed by atoms with van der Waals surface area (Å²) in [6.45, 7) is 4.27. The molecule has 0 nitrogen and oxygen atoms in total. The van der Waals surface area contributed by atoms with Crippen LogP contribution >= 0.6 is 0 Å². The van der Waals surface area contributed by atoms with Crippen molar-refractivity contribution in [1.29, 1.82) is 0 Å². The molecule has 0 aliphatic rings. The quantitative estimate of drug-likeness (QED) is 0.490. The van der Waals surface area contributed by atoms with Gasteiger partial charge in [0.25, 0.3) is 0 Å². The molecule has 0 heterocycles. The largest absolute Gasteiger partial charge is 0.358 e. The molecule has 0 amide bonds. The van der Waals surface area contributed by atoms with Crippen molar-refractivity contribution in [2.75, 3.05) is 0 Å². The Bertz CT molecular complexity index is 62.1. The second-order valence-electron chi connectivity index (χ2n) is 2.05. The fourth-order valence-corrected chi connectivity index (χ4v) is 0.569. The molecule has 2 heteroatoms. The molecule has 58 valence electrons. The van der Waals surface area contributed by atoms with Gasteiger partial charge in [-0.25, -0.2) is 0 Å². The third-order valence-electron chi connectivity index (χ3n) is 1.08. The fraction of sp³-hybridized carbons (Fsp3) is 0.875. The smallest absolute Gasteiger partial charge is 0.109 e. The molecule has 0 saturated heterocycles. The maximum Gasteiger partial charge on any atom is 0.109 e. The summed E-state index contributed by atoms with van der Waals surface area (Å²) in [5.41, 5.74) is 0. The fourth-order valence-electron chi connectivity index (χ4n) is 0.569.